The Morgan fingerprint density at radius 3 is 2.75 bits per heavy atom. The van der Waals surface area contributed by atoms with Crippen molar-refractivity contribution in [3.63, 3.8) is 0 Å². The molecule has 0 atom stereocenters. The quantitative estimate of drug-likeness (QED) is 0.609. The van der Waals surface area contributed by atoms with Crippen molar-refractivity contribution < 1.29 is 4.79 Å². The fourth-order valence-electron chi connectivity index (χ4n) is 1.82. The van der Waals surface area contributed by atoms with E-state index in [1.165, 1.54) is 6.33 Å². The van der Waals surface area contributed by atoms with E-state index in [1.54, 1.807) is 10.9 Å². The van der Waals surface area contributed by atoms with E-state index in [0.717, 1.165) is 5.69 Å². The molecule has 3 rings (SSSR count). The Bertz CT molecular complexity index is 753. The largest absolute Gasteiger partial charge is 0.350 e. The number of para-hydroxylation sites is 1. The summed E-state index contributed by atoms with van der Waals surface area (Å²) in [6, 6.07) is 8.89. The standard InChI is InChI=1S/C12H11N7O/c13-12(20)18-17-10-9-6-16-19(11(9)15-7-14-10)8-4-2-1-3-5-8/h1-7H,(H3,13,18,20)(H,14,15,17). The number of hydrogen-bond acceptors (Lipinski definition) is 5. The molecule has 0 saturated carbocycles. The lowest BCUT2D eigenvalue weighted by atomic mass is 10.3. The van der Waals surface area contributed by atoms with Crippen LogP contribution >= 0.6 is 0 Å². The zero-order chi connectivity index (χ0) is 13.9. The number of nitrogens with zero attached hydrogens (tertiary/aromatic N) is 4. The summed E-state index contributed by atoms with van der Waals surface area (Å²) in [6.45, 7) is 0. The number of carbonyl (C=O) groups excluding carboxylic acids is 1. The van der Waals surface area contributed by atoms with Crippen LogP contribution in [0.2, 0.25) is 0 Å². The van der Waals surface area contributed by atoms with E-state index in [0.29, 0.717) is 16.9 Å². The molecule has 1 aromatic carbocycles. The maximum absolute atomic E-state index is 10.7. The number of aromatic nitrogens is 4. The monoisotopic (exact) mass is 269 g/mol. The summed E-state index contributed by atoms with van der Waals surface area (Å²) in [6.07, 6.45) is 3.00. The van der Waals surface area contributed by atoms with Crippen molar-refractivity contribution in [1.82, 2.24) is 25.2 Å². The highest BCUT2D eigenvalue weighted by Crippen LogP contribution is 2.20. The number of carbonyl (C=O) groups is 1. The van der Waals surface area contributed by atoms with Gasteiger partial charge >= 0.3 is 6.03 Å². The van der Waals surface area contributed by atoms with Crippen LogP contribution in [0, 0.1) is 0 Å². The Kier molecular flexibility index (Phi) is 2.88. The van der Waals surface area contributed by atoms with Crippen LogP contribution in [0.15, 0.2) is 42.9 Å². The molecular weight excluding hydrogens is 258 g/mol. The summed E-state index contributed by atoms with van der Waals surface area (Å²) < 4.78 is 1.69. The molecule has 0 aliphatic heterocycles. The van der Waals surface area contributed by atoms with Gasteiger partial charge in [-0.15, -0.1) is 0 Å². The van der Waals surface area contributed by atoms with Crippen molar-refractivity contribution in [3.8, 4) is 5.69 Å². The minimum atomic E-state index is -0.702. The van der Waals surface area contributed by atoms with Gasteiger partial charge < -0.3 is 5.73 Å². The molecule has 0 spiro atoms. The number of nitrogens with two attached hydrogens (primary N) is 1. The van der Waals surface area contributed by atoms with Crippen LogP contribution in [0.4, 0.5) is 10.6 Å². The Morgan fingerprint density at radius 1 is 1.20 bits per heavy atom. The van der Waals surface area contributed by atoms with E-state index < -0.39 is 6.03 Å². The third-order valence-corrected chi connectivity index (χ3v) is 2.67. The summed E-state index contributed by atoms with van der Waals surface area (Å²) in [5.41, 5.74) is 11.4. The fraction of sp³-hybridized carbons (Fsp3) is 0. The van der Waals surface area contributed by atoms with E-state index >= 15 is 0 Å². The Morgan fingerprint density at radius 2 is 2.00 bits per heavy atom. The molecule has 2 amide bonds. The molecule has 100 valence electrons. The van der Waals surface area contributed by atoms with Gasteiger partial charge in [0.2, 0.25) is 0 Å². The second-order valence-corrected chi connectivity index (χ2v) is 3.97. The van der Waals surface area contributed by atoms with Crippen molar-refractivity contribution in [2.24, 2.45) is 5.73 Å². The lowest BCUT2D eigenvalue weighted by Crippen LogP contribution is -2.34. The topological polar surface area (TPSA) is 111 Å². The average molecular weight is 269 g/mol. The van der Waals surface area contributed by atoms with Gasteiger partial charge in [0.1, 0.15) is 6.33 Å². The van der Waals surface area contributed by atoms with Gasteiger partial charge in [-0.3, -0.25) is 10.9 Å². The Hall–Kier alpha value is -3.16. The number of nitrogens with one attached hydrogen (secondary N) is 2. The van der Waals surface area contributed by atoms with Gasteiger partial charge in [0.25, 0.3) is 0 Å². The van der Waals surface area contributed by atoms with Crippen LogP contribution in [-0.4, -0.2) is 25.8 Å². The number of fused-ring (bicyclic) bond motifs is 1. The van der Waals surface area contributed by atoms with Crippen molar-refractivity contribution in [1.29, 1.82) is 0 Å². The fourth-order valence-corrected chi connectivity index (χ4v) is 1.82. The summed E-state index contributed by atoms with van der Waals surface area (Å²) in [5.74, 6) is 0.427. The summed E-state index contributed by atoms with van der Waals surface area (Å²) in [5, 5.41) is 4.95. The highest BCUT2D eigenvalue weighted by Gasteiger charge is 2.10. The number of amides is 2. The minimum Gasteiger partial charge on any atom is -0.350 e. The number of benzene rings is 1. The molecule has 8 nitrogen and oxygen atoms in total. The van der Waals surface area contributed by atoms with Crippen LogP contribution in [0.1, 0.15) is 0 Å². The molecule has 8 heteroatoms. The smallest absolute Gasteiger partial charge is 0.330 e. The first-order chi connectivity index (χ1) is 9.75. The molecule has 20 heavy (non-hydrogen) atoms. The molecule has 0 aliphatic rings. The highest BCUT2D eigenvalue weighted by molar-refractivity contribution is 5.88. The number of rotatable bonds is 3. The van der Waals surface area contributed by atoms with E-state index in [9.17, 15) is 4.79 Å². The number of primary amides is 1. The van der Waals surface area contributed by atoms with E-state index in [4.69, 9.17) is 5.73 Å². The third-order valence-electron chi connectivity index (χ3n) is 2.67. The molecule has 2 heterocycles. The molecule has 0 saturated heterocycles. The van der Waals surface area contributed by atoms with Crippen molar-refractivity contribution in [2.75, 3.05) is 5.43 Å². The molecule has 0 unspecified atom stereocenters. The van der Waals surface area contributed by atoms with Gasteiger partial charge in [-0.05, 0) is 12.1 Å². The zero-order valence-corrected chi connectivity index (χ0v) is 10.3. The second kappa shape index (κ2) is 4.84. The maximum Gasteiger partial charge on any atom is 0.330 e. The lowest BCUT2D eigenvalue weighted by molar-refractivity contribution is 0.250. The molecule has 4 N–H and O–H groups in total. The Balaban J connectivity index is 2.06. The van der Waals surface area contributed by atoms with Crippen LogP contribution < -0.4 is 16.6 Å². The summed E-state index contributed by atoms with van der Waals surface area (Å²) >= 11 is 0. The Labute approximate surface area is 113 Å². The number of anilines is 1. The second-order valence-electron chi connectivity index (χ2n) is 3.97. The first kappa shape index (κ1) is 11.9. The van der Waals surface area contributed by atoms with Gasteiger partial charge in [-0.25, -0.2) is 19.4 Å². The van der Waals surface area contributed by atoms with E-state index in [1.807, 2.05) is 30.3 Å². The minimum absolute atomic E-state index is 0.427. The number of urea groups is 1. The van der Waals surface area contributed by atoms with Gasteiger partial charge in [-0.1, -0.05) is 18.2 Å². The van der Waals surface area contributed by atoms with Gasteiger partial charge in [-0.2, -0.15) is 5.10 Å². The number of hydrazine groups is 1. The molecule has 0 radical (unpaired) electrons. The average Bonchev–Trinajstić information content (AvgIpc) is 2.90. The predicted molar refractivity (Wildman–Crippen MR) is 73.0 cm³/mol. The molecule has 0 aliphatic carbocycles. The zero-order valence-electron chi connectivity index (χ0n) is 10.3. The van der Waals surface area contributed by atoms with Crippen LogP contribution in [0.25, 0.3) is 16.7 Å². The molecule has 2 aromatic heterocycles. The summed E-state index contributed by atoms with van der Waals surface area (Å²) in [7, 11) is 0. The lowest BCUT2D eigenvalue weighted by Gasteiger charge is -2.06. The normalized spacial score (nSPS) is 10.4. The molecule has 3 aromatic rings. The third kappa shape index (κ3) is 2.09. The van der Waals surface area contributed by atoms with E-state index in [-0.39, 0.29) is 0 Å². The first-order valence-electron chi connectivity index (χ1n) is 5.81. The molecule has 0 fully saturated rings. The predicted octanol–water partition coefficient (Wildman–Crippen LogP) is 0.811. The van der Waals surface area contributed by atoms with Crippen LogP contribution in [0.5, 0.6) is 0 Å². The highest BCUT2D eigenvalue weighted by atomic mass is 16.2. The number of hydrogen-bond donors (Lipinski definition) is 3. The van der Waals surface area contributed by atoms with Crippen molar-refractivity contribution in [3.05, 3.63) is 42.9 Å². The SMILES string of the molecule is NC(=O)NNc1ncnc2c1cnn2-c1ccccc1. The van der Waals surface area contributed by atoms with Crippen molar-refractivity contribution >= 4 is 22.9 Å². The molecular formula is C12H11N7O. The van der Waals surface area contributed by atoms with Crippen molar-refractivity contribution in [2.45, 2.75) is 0 Å². The van der Waals surface area contributed by atoms with Crippen LogP contribution in [0.3, 0.4) is 0 Å². The van der Waals surface area contributed by atoms with E-state index in [2.05, 4.69) is 25.9 Å². The van der Waals surface area contributed by atoms with Crippen LogP contribution in [-0.2, 0) is 0 Å². The molecule has 0 bridgehead atoms. The maximum atomic E-state index is 10.7. The van der Waals surface area contributed by atoms with Gasteiger partial charge in [0.05, 0.1) is 17.3 Å². The van der Waals surface area contributed by atoms with Gasteiger partial charge in [0, 0.05) is 0 Å². The van der Waals surface area contributed by atoms with Gasteiger partial charge in [0.15, 0.2) is 11.5 Å². The summed E-state index contributed by atoms with van der Waals surface area (Å²) in [4.78, 5) is 19.0. The first-order valence-corrected chi connectivity index (χ1v) is 5.81.